The topological polar surface area (TPSA) is 78.9 Å². The first-order valence-electron chi connectivity index (χ1n) is 30.7. The van der Waals surface area contributed by atoms with Gasteiger partial charge in [-0.2, -0.15) is 0 Å². The Morgan fingerprint density at radius 1 is 0.280 bits per heavy atom. The van der Waals surface area contributed by atoms with Gasteiger partial charge in [-0.25, -0.2) is 0 Å². The fourth-order valence-corrected chi connectivity index (χ4v) is 7.98. The predicted molar refractivity (Wildman–Crippen MR) is 325 cm³/mol. The lowest BCUT2D eigenvalue weighted by Crippen LogP contribution is -2.30. The molecule has 0 heterocycles. The second-order valence-electron chi connectivity index (χ2n) is 19.9. The molecule has 0 amide bonds. The first kappa shape index (κ1) is 70.5. The third kappa shape index (κ3) is 60.3. The molecule has 0 radical (unpaired) electrons. The van der Waals surface area contributed by atoms with E-state index in [2.05, 4.69) is 154 Å². The third-order valence-electron chi connectivity index (χ3n) is 12.6. The summed E-state index contributed by atoms with van der Waals surface area (Å²) in [6, 6.07) is 0. The fourth-order valence-electron chi connectivity index (χ4n) is 7.98. The molecule has 0 spiro atoms. The second kappa shape index (κ2) is 62.1. The van der Waals surface area contributed by atoms with Gasteiger partial charge in [-0.15, -0.1) is 0 Å². The highest BCUT2D eigenvalue weighted by Gasteiger charge is 2.19. The number of allylic oxidation sites excluding steroid dienone is 22. The third-order valence-corrected chi connectivity index (χ3v) is 12.6. The zero-order chi connectivity index (χ0) is 54.3. The molecule has 0 rings (SSSR count). The van der Waals surface area contributed by atoms with Crippen LogP contribution in [0.5, 0.6) is 0 Å². The van der Waals surface area contributed by atoms with E-state index in [-0.39, 0.29) is 31.1 Å². The molecule has 0 aliphatic heterocycles. The molecular weight excluding hydrogens is 925 g/mol. The summed E-state index contributed by atoms with van der Waals surface area (Å²) in [5.74, 6) is -0.938. The summed E-state index contributed by atoms with van der Waals surface area (Å²) in [6.45, 7) is 6.41. The van der Waals surface area contributed by atoms with E-state index in [9.17, 15) is 14.4 Å². The zero-order valence-corrected chi connectivity index (χ0v) is 48.5. The quantitative estimate of drug-likeness (QED) is 0.0261. The molecule has 1 atom stereocenters. The highest BCUT2D eigenvalue weighted by Crippen LogP contribution is 2.14. The largest absolute Gasteiger partial charge is 0.462 e. The van der Waals surface area contributed by atoms with Crippen LogP contribution in [0.15, 0.2) is 134 Å². The summed E-state index contributed by atoms with van der Waals surface area (Å²) < 4.78 is 16.9. The van der Waals surface area contributed by atoms with Gasteiger partial charge in [-0.1, -0.05) is 251 Å². The molecule has 0 aliphatic rings. The van der Waals surface area contributed by atoms with Crippen molar-refractivity contribution in [3.8, 4) is 0 Å². The van der Waals surface area contributed by atoms with E-state index in [1.807, 2.05) is 0 Å². The van der Waals surface area contributed by atoms with Crippen molar-refractivity contribution in [3.05, 3.63) is 134 Å². The molecule has 1 unspecified atom stereocenters. The maximum atomic E-state index is 12.9. The van der Waals surface area contributed by atoms with E-state index in [1.54, 1.807) is 0 Å². The van der Waals surface area contributed by atoms with Gasteiger partial charge >= 0.3 is 17.9 Å². The van der Waals surface area contributed by atoms with E-state index in [4.69, 9.17) is 14.2 Å². The van der Waals surface area contributed by atoms with Crippen LogP contribution < -0.4 is 0 Å². The summed E-state index contributed by atoms with van der Waals surface area (Å²) in [4.78, 5) is 38.2. The lowest BCUT2D eigenvalue weighted by molar-refractivity contribution is -0.167. The van der Waals surface area contributed by atoms with Crippen LogP contribution in [0.1, 0.15) is 265 Å². The number of hydrogen-bond acceptors (Lipinski definition) is 6. The number of carbonyl (C=O) groups excluding carboxylic acids is 3. The van der Waals surface area contributed by atoms with Crippen molar-refractivity contribution in [3.63, 3.8) is 0 Å². The van der Waals surface area contributed by atoms with Gasteiger partial charge in [0.1, 0.15) is 13.2 Å². The molecule has 6 heteroatoms. The zero-order valence-electron chi connectivity index (χ0n) is 48.5. The van der Waals surface area contributed by atoms with Crippen LogP contribution in [-0.4, -0.2) is 37.2 Å². The van der Waals surface area contributed by atoms with Gasteiger partial charge in [0.15, 0.2) is 6.10 Å². The summed E-state index contributed by atoms with van der Waals surface area (Å²) in [7, 11) is 0. The van der Waals surface area contributed by atoms with Crippen molar-refractivity contribution in [1.82, 2.24) is 0 Å². The number of rotatable bonds is 54. The lowest BCUT2D eigenvalue weighted by Gasteiger charge is -2.18. The Labute approximate surface area is 462 Å². The molecule has 424 valence electrons. The van der Waals surface area contributed by atoms with Crippen LogP contribution in [0.25, 0.3) is 0 Å². The van der Waals surface area contributed by atoms with Gasteiger partial charge in [-0.05, 0) is 128 Å². The molecule has 0 saturated carbocycles. The Morgan fingerprint density at radius 2 is 0.520 bits per heavy atom. The molecule has 75 heavy (non-hydrogen) atoms. The molecule has 0 aromatic carbocycles. The maximum absolute atomic E-state index is 12.9. The molecule has 0 N–H and O–H groups in total. The Morgan fingerprint density at radius 3 is 0.813 bits per heavy atom. The van der Waals surface area contributed by atoms with E-state index >= 15 is 0 Å². The highest BCUT2D eigenvalue weighted by molar-refractivity contribution is 5.71. The average Bonchev–Trinajstić information content (AvgIpc) is 3.41. The Bertz CT molecular complexity index is 1620. The van der Waals surface area contributed by atoms with E-state index in [1.165, 1.54) is 64.2 Å². The summed E-state index contributed by atoms with van der Waals surface area (Å²) >= 11 is 0. The van der Waals surface area contributed by atoms with Crippen molar-refractivity contribution in [2.24, 2.45) is 0 Å². The highest BCUT2D eigenvalue weighted by atomic mass is 16.6. The average molecular weight is 1040 g/mol. The fraction of sp³-hybridized carbons (Fsp3) is 0.638. The summed E-state index contributed by atoms with van der Waals surface area (Å²) in [5, 5.41) is 0. The van der Waals surface area contributed by atoms with Crippen molar-refractivity contribution < 1.29 is 28.6 Å². The van der Waals surface area contributed by atoms with Crippen LogP contribution >= 0.6 is 0 Å². The minimum atomic E-state index is -0.801. The van der Waals surface area contributed by atoms with Gasteiger partial charge in [0, 0.05) is 19.3 Å². The van der Waals surface area contributed by atoms with Gasteiger partial charge in [0.05, 0.1) is 0 Å². The molecule has 0 saturated heterocycles. The van der Waals surface area contributed by atoms with Crippen molar-refractivity contribution in [2.45, 2.75) is 271 Å². The van der Waals surface area contributed by atoms with Gasteiger partial charge in [-0.3, -0.25) is 14.4 Å². The molecule has 0 aromatic heterocycles. The van der Waals surface area contributed by atoms with E-state index in [0.29, 0.717) is 19.3 Å². The van der Waals surface area contributed by atoms with E-state index < -0.39 is 6.10 Å². The smallest absolute Gasteiger partial charge is 0.306 e. The standard InChI is InChI=1S/C69H112O6/c1-4-7-10-13-16-19-22-25-28-29-30-31-32-33-34-35-36-37-38-39-40-41-42-45-47-50-53-56-59-62-68(71)74-65-66(75-69(72)63-60-57-54-51-48-44-27-24-21-18-15-12-9-6-3)64-73-67(70)61-58-55-52-49-46-43-26-23-20-17-14-11-8-5-2/h7,10,14-19,23-28,30-31,33-34,36-37,39-40,66H,4-6,8-9,11-13,20-22,29,32,35,38,41-65H2,1-3H3/b10-7-,17-14-,18-15-,19-16-,26-23-,27-24-,28-25-,31-30-,34-33-,37-36-,40-39-. The number of ether oxygens (including phenoxy) is 3. The van der Waals surface area contributed by atoms with E-state index in [0.717, 1.165) is 161 Å². The Kier molecular flexibility index (Phi) is 58.4. The number of hydrogen-bond donors (Lipinski definition) is 0. The SMILES string of the molecule is CC/C=C\C/C=C\C/C=C\C/C=C\C/C=C\C/C=C\C/C=C\CCCCCCCCCC(=O)OCC(COC(=O)CCCCCCC/C=C\C/C=C\CCCC)OC(=O)CCCCCCC/C=C\C/C=C\CCCC. The van der Waals surface area contributed by atoms with Crippen LogP contribution in [0.2, 0.25) is 0 Å². The predicted octanol–water partition coefficient (Wildman–Crippen LogP) is 21.0. The maximum Gasteiger partial charge on any atom is 0.306 e. The molecule has 0 fully saturated rings. The molecular formula is C69H112O6. The van der Waals surface area contributed by atoms with Crippen molar-refractivity contribution in [2.75, 3.05) is 13.2 Å². The number of carbonyl (C=O) groups is 3. The minimum Gasteiger partial charge on any atom is -0.462 e. The van der Waals surface area contributed by atoms with Crippen LogP contribution in [0, 0.1) is 0 Å². The minimum absolute atomic E-state index is 0.0979. The van der Waals surface area contributed by atoms with Gasteiger partial charge in [0.25, 0.3) is 0 Å². The van der Waals surface area contributed by atoms with Gasteiger partial charge < -0.3 is 14.2 Å². The molecule has 0 bridgehead atoms. The van der Waals surface area contributed by atoms with Crippen molar-refractivity contribution in [1.29, 1.82) is 0 Å². The molecule has 0 aliphatic carbocycles. The Balaban J connectivity index is 4.35. The first-order valence-corrected chi connectivity index (χ1v) is 30.7. The lowest BCUT2D eigenvalue weighted by atomic mass is 10.1. The first-order chi connectivity index (χ1) is 37.0. The number of esters is 3. The normalized spacial score (nSPS) is 13.1. The second-order valence-corrected chi connectivity index (χ2v) is 19.9. The van der Waals surface area contributed by atoms with Crippen molar-refractivity contribution >= 4 is 17.9 Å². The monoisotopic (exact) mass is 1040 g/mol. The summed E-state index contributed by atoms with van der Waals surface area (Å²) in [5.41, 5.74) is 0. The summed E-state index contributed by atoms with van der Waals surface area (Å²) in [6.07, 6.45) is 87.3. The number of unbranched alkanes of at least 4 members (excludes halogenated alkanes) is 21. The van der Waals surface area contributed by atoms with Crippen LogP contribution in [0.3, 0.4) is 0 Å². The van der Waals surface area contributed by atoms with Crippen LogP contribution in [0.4, 0.5) is 0 Å². The Hall–Kier alpha value is -4.45. The molecule has 0 aromatic rings. The van der Waals surface area contributed by atoms with Gasteiger partial charge in [0.2, 0.25) is 0 Å². The molecule has 6 nitrogen and oxygen atoms in total. The van der Waals surface area contributed by atoms with Crippen LogP contribution in [-0.2, 0) is 28.6 Å².